The molecule has 2 atom stereocenters. The Hall–Kier alpha value is -0.960. The summed E-state index contributed by atoms with van der Waals surface area (Å²) in [5.74, 6) is -0.492. The van der Waals surface area contributed by atoms with Crippen LogP contribution in [0, 0.1) is 0 Å². The number of nitrogens with one attached hydrogen (secondary N) is 2. The molecule has 0 aliphatic carbocycles. The van der Waals surface area contributed by atoms with Gasteiger partial charge in [0.2, 0.25) is 0 Å². The van der Waals surface area contributed by atoms with E-state index in [-0.39, 0.29) is 11.5 Å². The highest BCUT2D eigenvalue weighted by atomic mass is 32.2. The van der Waals surface area contributed by atoms with Gasteiger partial charge in [-0.25, -0.2) is 18.0 Å². The number of sulfone groups is 1. The maximum absolute atomic E-state index is 11.6. The molecule has 1 fully saturated rings. The van der Waals surface area contributed by atoms with Crippen LogP contribution < -0.4 is 10.6 Å². The molecule has 2 amide bonds. The van der Waals surface area contributed by atoms with Crippen molar-refractivity contribution in [1.82, 2.24) is 10.6 Å². The fourth-order valence-corrected chi connectivity index (χ4v) is 3.93. The van der Waals surface area contributed by atoms with E-state index in [1.807, 2.05) is 6.26 Å². The minimum Gasteiger partial charge on any atom is -0.480 e. The van der Waals surface area contributed by atoms with Gasteiger partial charge in [0.25, 0.3) is 0 Å². The molecule has 0 radical (unpaired) electrons. The van der Waals surface area contributed by atoms with Crippen molar-refractivity contribution in [2.75, 3.05) is 23.5 Å². The van der Waals surface area contributed by atoms with Crippen LogP contribution in [0.4, 0.5) is 4.79 Å². The standard InChI is InChI=1S/C10H18N2O5S2/c1-18-4-2-8(9(13)14)12-10(15)11-7-3-5-19(16,17)6-7/h7-8H,2-6H2,1H3,(H,13,14)(H2,11,12,15)/t7?,8-/m1/s1. The van der Waals surface area contributed by atoms with Crippen molar-refractivity contribution >= 4 is 33.6 Å². The van der Waals surface area contributed by atoms with Gasteiger partial charge in [0.1, 0.15) is 6.04 Å². The highest BCUT2D eigenvalue weighted by molar-refractivity contribution is 7.98. The molecule has 110 valence electrons. The van der Waals surface area contributed by atoms with E-state index < -0.39 is 33.9 Å². The molecule has 0 aromatic heterocycles. The van der Waals surface area contributed by atoms with Gasteiger partial charge in [0, 0.05) is 6.04 Å². The van der Waals surface area contributed by atoms with Gasteiger partial charge in [-0.05, 0) is 24.9 Å². The van der Waals surface area contributed by atoms with Crippen molar-refractivity contribution in [3.63, 3.8) is 0 Å². The number of rotatable bonds is 6. The zero-order valence-corrected chi connectivity index (χ0v) is 12.2. The van der Waals surface area contributed by atoms with Crippen molar-refractivity contribution < 1.29 is 23.1 Å². The number of urea groups is 1. The average Bonchev–Trinajstić information content (AvgIpc) is 2.63. The molecule has 1 saturated heterocycles. The average molecular weight is 310 g/mol. The fraction of sp³-hybridized carbons (Fsp3) is 0.800. The minimum atomic E-state index is -3.06. The second-order valence-electron chi connectivity index (χ2n) is 4.39. The predicted molar refractivity (Wildman–Crippen MR) is 73.1 cm³/mol. The minimum absolute atomic E-state index is 0.0623. The Labute approximate surface area is 116 Å². The van der Waals surface area contributed by atoms with Gasteiger partial charge in [-0.2, -0.15) is 11.8 Å². The van der Waals surface area contributed by atoms with Crippen molar-refractivity contribution in [2.24, 2.45) is 0 Å². The number of carboxylic acids is 1. The monoisotopic (exact) mass is 310 g/mol. The topological polar surface area (TPSA) is 113 Å². The fourth-order valence-electron chi connectivity index (χ4n) is 1.79. The van der Waals surface area contributed by atoms with E-state index in [1.54, 1.807) is 0 Å². The van der Waals surface area contributed by atoms with Crippen LogP contribution in [0.3, 0.4) is 0 Å². The van der Waals surface area contributed by atoms with E-state index in [0.29, 0.717) is 18.6 Å². The summed E-state index contributed by atoms with van der Waals surface area (Å²) < 4.78 is 22.5. The third-order valence-electron chi connectivity index (χ3n) is 2.78. The summed E-state index contributed by atoms with van der Waals surface area (Å²) in [6.45, 7) is 0. The molecule has 0 aromatic rings. The van der Waals surface area contributed by atoms with Crippen LogP contribution in [0.15, 0.2) is 0 Å². The Bertz CT molecular complexity index is 437. The van der Waals surface area contributed by atoms with Crippen LogP contribution in [0.2, 0.25) is 0 Å². The molecule has 0 saturated carbocycles. The number of carbonyl (C=O) groups excluding carboxylic acids is 1. The van der Waals surface area contributed by atoms with Crippen molar-refractivity contribution in [1.29, 1.82) is 0 Å². The number of carboxylic acid groups (broad SMARTS) is 1. The zero-order chi connectivity index (χ0) is 14.5. The van der Waals surface area contributed by atoms with Crippen LogP contribution in [0.5, 0.6) is 0 Å². The summed E-state index contributed by atoms with van der Waals surface area (Å²) in [5.41, 5.74) is 0. The molecular formula is C10H18N2O5S2. The van der Waals surface area contributed by atoms with Crippen molar-refractivity contribution in [3.8, 4) is 0 Å². The maximum atomic E-state index is 11.6. The summed E-state index contributed by atoms with van der Waals surface area (Å²) >= 11 is 1.49. The predicted octanol–water partition coefficient (Wildman–Crippen LogP) is -0.321. The van der Waals surface area contributed by atoms with Crippen LogP contribution in [-0.4, -0.2) is 61.1 Å². The number of hydrogen-bond donors (Lipinski definition) is 3. The second-order valence-corrected chi connectivity index (χ2v) is 7.60. The molecule has 19 heavy (non-hydrogen) atoms. The van der Waals surface area contributed by atoms with Crippen molar-refractivity contribution in [2.45, 2.75) is 24.9 Å². The summed E-state index contributed by atoms with van der Waals surface area (Å²) in [6.07, 6.45) is 2.55. The van der Waals surface area contributed by atoms with Gasteiger partial charge < -0.3 is 15.7 Å². The highest BCUT2D eigenvalue weighted by Crippen LogP contribution is 2.11. The lowest BCUT2D eigenvalue weighted by molar-refractivity contribution is -0.139. The van der Waals surface area contributed by atoms with Crippen LogP contribution in [0.1, 0.15) is 12.8 Å². The van der Waals surface area contributed by atoms with E-state index in [2.05, 4.69) is 10.6 Å². The molecule has 1 unspecified atom stereocenters. The van der Waals surface area contributed by atoms with Gasteiger partial charge in [0.15, 0.2) is 9.84 Å². The lowest BCUT2D eigenvalue weighted by Gasteiger charge is -2.17. The number of amides is 2. The molecule has 7 nitrogen and oxygen atoms in total. The zero-order valence-electron chi connectivity index (χ0n) is 10.6. The third kappa shape index (κ3) is 5.68. The summed E-state index contributed by atoms with van der Waals surface area (Å²) in [4.78, 5) is 22.5. The van der Waals surface area contributed by atoms with Gasteiger partial charge in [-0.3, -0.25) is 0 Å². The smallest absolute Gasteiger partial charge is 0.326 e. The molecule has 9 heteroatoms. The Balaban J connectivity index is 2.42. The summed E-state index contributed by atoms with van der Waals surface area (Å²) in [7, 11) is -3.06. The van der Waals surface area contributed by atoms with E-state index in [4.69, 9.17) is 5.11 Å². The van der Waals surface area contributed by atoms with E-state index in [1.165, 1.54) is 11.8 Å². The normalized spacial score (nSPS) is 22.7. The molecular weight excluding hydrogens is 292 g/mol. The lowest BCUT2D eigenvalue weighted by atomic mass is 10.2. The first-order valence-electron chi connectivity index (χ1n) is 5.83. The summed E-state index contributed by atoms with van der Waals surface area (Å²) in [5, 5.41) is 13.8. The van der Waals surface area contributed by atoms with Gasteiger partial charge in [-0.1, -0.05) is 0 Å². The van der Waals surface area contributed by atoms with Crippen molar-refractivity contribution in [3.05, 3.63) is 0 Å². The lowest BCUT2D eigenvalue weighted by Crippen LogP contribution is -2.49. The Kier molecular flexibility index (Phi) is 5.92. The van der Waals surface area contributed by atoms with E-state index in [9.17, 15) is 18.0 Å². The van der Waals surface area contributed by atoms with Gasteiger partial charge >= 0.3 is 12.0 Å². The van der Waals surface area contributed by atoms with Crippen LogP contribution in [-0.2, 0) is 14.6 Å². The summed E-state index contributed by atoms with van der Waals surface area (Å²) in [6, 6.07) is -2.01. The molecule has 1 aliphatic heterocycles. The molecule has 1 heterocycles. The highest BCUT2D eigenvalue weighted by Gasteiger charge is 2.29. The molecule has 0 bridgehead atoms. The van der Waals surface area contributed by atoms with E-state index in [0.717, 1.165) is 0 Å². The Morgan fingerprint density at radius 3 is 2.63 bits per heavy atom. The maximum Gasteiger partial charge on any atom is 0.326 e. The number of carbonyl (C=O) groups is 2. The molecule has 3 N–H and O–H groups in total. The van der Waals surface area contributed by atoms with Crippen LogP contribution in [0.25, 0.3) is 0 Å². The number of thioether (sulfide) groups is 1. The first kappa shape index (κ1) is 16.1. The molecule has 1 aliphatic rings. The quantitative estimate of drug-likeness (QED) is 0.620. The van der Waals surface area contributed by atoms with Crippen LogP contribution >= 0.6 is 11.8 Å². The van der Waals surface area contributed by atoms with Gasteiger partial charge in [-0.15, -0.1) is 0 Å². The van der Waals surface area contributed by atoms with Gasteiger partial charge in [0.05, 0.1) is 11.5 Å². The number of aliphatic carboxylic acids is 1. The second kappa shape index (κ2) is 6.99. The third-order valence-corrected chi connectivity index (χ3v) is 5.19. The first-order chi connectivity index (χ1) is 8.84. The molecule has 0 spiro atoms. The van der Waals surface area contributed by atoms with E-state index >= 15 is 0 Å². The molecule has 1 rings (SSSR count). The Morgan fingerprint density at radius 2 is 2.16 bits per heavy atom. The number of hydrogen-bond acceptors (Lipinski definition) is 5. The first-order valence-corrected chi connectivity index (χ1v) is 9.05. The SMILES string of the molecule is CSCC[C@@H](NC(=O)NC1CCS(=O)(=O)C1)C(=O)O. The Morgan fingerprint density at radius 1 is 1.47 bits per heavy atom. The molecule has 0 aromatic carbocycles. The largest absolute Gasteiger partial charge is 0.480 e.